The van der Waals surface area contributed by atoms with Crippen molar-refractivity contribution in [1.82, 2.24) is 5.32 Å². The minimum absolute atomic E-state index is 0.0122. The molecule has 6 nitrogen and oxygen atoms in total. The summed E-state index contributed by atoms with van der Waals surface area (Å²) in [6.07, 6.45) is 1.28. The summed E-state index contributed by atoms with van der Waals surface area (Å²) in [4.78, 5) is 37.8. The molecule has 0 bridgehead atoms. The molecule has 1 aromatic rings. The predicted molar refractivity (Wildman–Crippen MR) is 113 cm³/mol. The van der Waals surface area contributed by atoms with Crippen molar-refractivity contribution in [2.75, 3.05) is 29.1 Å². The van der Waals surface area contributed by atoms with E-state index >= 15 is 0 Å². The first-order chi connectivity index (χ1) is 12.9. The quantitative estimate of drug-likeness (QED) is 0.239. The lowest BCUT2D eigenvalue weighted by Gasteiger charge is -2.16. The fraction of sp³-hybridized carbons (Fsp3) is 0.550. The lowest BCUT2D eigenvalue weighted by molar-refractivity contribution is -0.123. The summed E-state index contributed by atoms with van der Waals surface area (Å²) in [6.45, 7) is 5.66. The Morgan fingerprint density at radius 3 is 2.56 bits per heavy atom. The number of amides is 3. The van der Waals surface area contributed by atoms with Gasteiger partial charge in [-0.1, -0.05) is 48.6 Å². The number of carbonyl (C=O) groups excluding carboxylic acids is 3. The van der Waals surface area contributed by atoms with Crippen LogP contribution >= 0.6 is 22.6 Å². The van der Waals surface area contributed by atoms with Crippen molar-refractivity contribution < 1.29 is 19.1 Å². The first-order valence-electron chi connectivity index (χ1n) is 9.30. The number of nitrogens with one attached hydrogen (secondary N) is 1. The van der Waals surface area contributed by atoms with Gasteiger partial charge in [0.05, 0.1) is 24.8 Å². The number of hydrogen-bond donors (Lipinski definition) is 1. The summed E-state index contributed by atoms with van der Waals surface area (Å²) < 4.78 is 6.25. The van der Waals surface area contributed by atoms with Crippen molar-refractivity contribution in [1.29, 1.82) is 0 Å². The van der Waals surface area contributed by atoms with Crippen molar-refractivity contribution in [2.45, 2.75) is 33.1 Å². The number of hydrogen-bond acceptors (Lipinski definition) is 4. The Kier molecular flexibility index (Phi) is 8.69. The molecular formula is C20H27IN2O4. The number of alkyl halides is 1. The second kappa shape index (κ2) is 10.8. The number of carbonyl (C=O) groups is 3. The van der Waals surface area contributed by atoms with Crippen LogP contribution in [0.2, 0.25) is 0 Å². The molecule has 0 radical (unpaired) electrons. The van der Waals surface area contributed by atoms with E-state index in [1.54, 1.807) is 12.1 Å². The molecule has 1 fully saturated rings. The number of imide groups is 1. The topological polar surface area (TPSA) is 75.7 Å². The van der Waals surface area contributed by atoms with Gasteiger partial charge >= 0.3 is 0 Å². The SMILES string of the molecule is CC(C)C1CC(=O)N(c2ccc(CCC(=O)NCCOCCI)cc2)C1=O. The first kappa shape index (κ1) is 21.8. The maximum absolute atomic E-state index is 12.5. The Morgan fingerprint density at radius 2 is 1.96 bits per heavy atom. The van der Waals surface area contributed by atoms with E-state index < -0.39 is 0 Å². The molecule has 1 heterocycles. The van der Waals surface area contributed by atoms with E-state index in [0.717, 1.165) is 9.99 Å². The van der Waals surface area contributed by atoms with Gasteiger partial charge in [0.25, 0.3) is 0 Å². The molecule has 0 aromatic heterocycles. The largest absolute Gasteiger partial charge is 0.379 e. The molecule has 3 amide bonds. The van der Waals surface area contributed by atoms with Gasteiger partial charge in [-0.2, -0.15) is 0 Å². The Bertz CT molecular complexity index is 660. The molecule has 7 heteroatoms. The molecule has 27 heavy (non-hydrogen) atoms. The van der Waals surface area contributed by atoms with Crippen LogP contribution < -0.4 is 10.2 Å². The summed E-state index contributed by atoms with van der Waals surface area (Å²) in [5, 5.41) is 2.83. The maximum atomic E-state index is 12.5. The van der Waals surface area contributed by atoms with E-state index in [2.05, 4.69) is 27.9 Å². The highest BCUT2D eigenvalue weighted by Gasteiger charge is 2.40. The summed E-state index contributed by atoms with van der Waals surface area (Å²) in [5.41, 5.74) is 1.60. The molecule has 1 aliphatic heterocycles. The number of benzene rings is 1. The number of ether oxygens (including phenoxy) is 1. The van der Waals surface area contributed by atoms with Crippen molar-refractivity contribution in [3.05, 3.63) is 29.8 Å². The highest BCUT2D eigenvalue weighted by Crippen LogP contribution is 2.30. The first-order valence-corrected chi connectivity index (χ1v) is 10.8. The fourth-order valence-corrected chi connectivity index (χ4v) is 3.34. The third kappa shape index (κ3) is 6.27. The highest BCUT2D eigenvalue weighted by atomic mass is 127. The van der Waals surface area contributed by atoms with Crippen LogP contribution in [0.15, 0.2) is 24.3 Å². The van der Waals surface area contributed by atoms with Gasteiger partial charge in [-0.15, -0.1) is 0 Å². The fourth-order valence-electron chi connectivity index (χ4n) is 3.02. The van der Waals surface area contributed by atoms with Crippen LogP contribution in [0.1, 0.15) is 32.3 Å². The van der Waals surface area contributed by atoms with Crippen molar-refractivity contribution in [3.8, 4) is 0 Å². The molecule has 2 rings (SSSR count). The number of nitrogens with zero attached hydrogens (tertiary/aromatic N) is 1. The van der Waals surface area contributed by atoms with E-state index in [1.807, 2.05) is 26.0 Å². The molecule has 1 atom stereocenters. The van der Waals surface area contributed by atoms with Crippen LogP contribution in [0.3, 0.4) is 0 Å². The molecule has 1 unspecified atom stereocenters. The van der Waals surface area contributed by atoms with Crippen LogP contribution in [0, 0.1) is 11.8 Å². The van der Waals surface area contributed by atoms with Gasteiger partial charge in [0.1, 0.15) is 0 Å². The van der Waals surface area contributed by atoms with E-state index in [4.69, 9.17) is 4.74 Å². The smallest absolute Gasteiger partial charge is 0.237 e. The molecular weight excluding hydrogens is 459 g/mol. The lowest BCUT2D eigenvalue weighted by Crippen LogP contribution is -2.31. The highest BCUT2D eigenvalue weighted by molar-refractivity contribution is 14.1. The van der Waals surface area contributed by atoms with Gasteiger partial charge in [-0.25, -0.2) is 0 Å². The average Bonchev–Trinajstić information content (AvgIpc) is 2.95. The van der Waals surface area contributed by atoms with E-state index in [0.29, 0.717) is 38.3 Å². The standard InChI is InChI=1S/C20H27IN2O4/c1-14(2)17-13-19(25)23(20(17)26)16-6-3-15(4-7-16)5-8-18(24)22-10-12-27-11-9-21/h3-4,6-7,14,17H,5,8-13H2,1-2H3,(H,22,24). The minimum atomic E-state index is -0.235. The minimum Gasteiger partial charge on any atom is -0.379 e. The summed E-state index contributed by atoms with van der Waals surface area (Å²) >= 11 is 2.24. The number of halogens is 1. The van der Waals surface area contributed by atoms with Crippen molar-refractivity contribution in [3.63, 3.8) is 0 Å². The van der Waals surface area contributed by atoms with Gasteiger partial charge in [-0.3, -0.25) is 19.3 Å². The molecule has 1 N–H and O–H groups in total. The van der Waals surface area contributed by atoms with Crippen molar-refractivity contribution >= 4 is 46.0 Å². The zero-order chi connectivity index (χ0) is 19.8. The van der Waals surface area contributed by atoms with Crippen LogP contribution in [0.5, 0.6) is 0 Å². The zero-order valence-electron chi connectivity index (χ0n) is 15.9. The lowest BCUT2D eigenvalue weighted by atomic mass is 9.94. The second-order valence-corrected chi connectivity index (χ2v) is 8.02. The van der Waals surface area contributed by atoms with Crippen LogP contribution in [-0.4, -0.2) is 41.9 Å². The number of anilines is 1. The van der Waals surface area contributed by atoms with Gasteiger partial charge < -0.3 is 10.1 Å². The summed E-state index contributed by atoms with van der Waals surface area (Å²) in [6, 6.07) is 7.30. The normalized spacial score (nSPS) is 17.0. The predicted octanol–water partition coefficient (Wildman–Crippen LogP) is 2.72. The molecule has 0 aliphatic carbocycles. The summed E-state index contributed by atoms with van der Waals surface area (Å²) in [5.74, 6) is -0.359. The van der Waals surface area contributed by atoms with Gasteiger partial charge in [-0.05, 0) is 30.0 Å². The van der Waals surface area contributed by atoms with Gasteiger partial charge in [0, 0.05) is 23.8 Å². The Balaban J connectivity index is 1.82. The molecule has 1 saturated heterocycles. The van der Waals surface area contributed by atoms with E-state index in [9.17, 15) is 14.4 Å². The third-order valence-corrected chi connectivity index (χ3v) is 5.05. The molecule has 0 spiro atoms. The van der Waals surface area contributed by atoms with E-state index in [1.165, 1.54) is 4.90 Å². The van der Waals surface area contributed by atoms with Gasteiger partial charge in [0.15, 0.2) is 0 Å². The van der Waals surface area contributed by atoms with E-state index in [-0.39, 0.29) is 36.0 Å². The number of rotatable bonds is 10. The monoisotopic (exact) mass is 486 g/mol. The molecule has 0 saturated carbocycles. The Morgan fingerprint density at radius 1 is 1.26 bits per heavy atom. The maximum Gasteiger partial charge on any atom is 0.237 e. The van der Waals surface area contributed by atoms with Gasteiger partial charge in [0.2, 0.25) is 17.7 Å². The van der Waals surface area contributed by atoms with Crippen LogP contribution in [0.4, 0.5) is 5.69 Å². The third-order valence-electron chi connectivity index (χ3n) is 4.61. The van der Waals surface area contributed by atoms with Crippen LogP contribution in [0.25, 0.3) is 0 Å². The van der Waals surface area contributed by atoms with Crippen molar-refractivity contribution in [2.24, 2.45) is 11.8 Å². The van der Waals surface area contributed by atoms with Crippen LogP contribution in [-0.2, 0) is 25.5 Å². The zero-order valence-corrected chi connectivity index (χ0v) is 18.0. The molecule has 1 aliphatic rings. The Hall–Kier alpha value is -1.48. The summed E-state index contributed by atoms with van der Waals surface area (Å²) in [7, 11) is 0. The molecule has 148 valence electrons. The average molecular weight is 486 g/mol. The second-order valence-electron chi connectivity index (χ2n) is 6.94. The molecule has 1 aromatic carbocycles. The number of aryl methyl sites for hydroxylation is 1. The Labute approximate surface area is 174 Å².